The molecule has 1 fully saturated rings. The number of carbonyl (C=O) groups is 1. The van der Waals surface area contributed by atoms with Crippen molar-refractivity contribution in [1.82, 2.24) is 5.32 Å². The molecule has 0 amide bonds. The highest BCUT2D eigenvalue weighted by Gasteiger charge is 2.39. The lowest BCUT2D eigenvalue weighted by Gasteiger charge is -2.37. The van der Waals surface area contributed by atoms with Crippen molar-refractivity contribution in [2.45, 2.75) is 35.0 Å². The molecule has 1 saturated heterocycles. The van der Waals surface area contributed by atoms with E-state index in [1.54, 1.807) is 24.8 Å². The van der Waals surface area contributed by atoms with Gasteiger partial charge in [-0.15, -0.1) is 0 Å². The third-order valence-corrected chi connectivity index (χ3v) is 9.18. The number of rotatable bonds is 5. The first kappa shape index (κ1) is 22.7. The second kappa shape index (κ2) is 9.57. The van der Waals surface area contributed by atoms with E-state index in [1.807, 2.05) is 24.3 Å². The molecule has 2 nitrogen and oxygen atoms in total. The van der Waals surface area contributed by atoms with Crippen molar-refractivity contribution in [3.63, 3.8) is 0 Å². The lowest BCUT2D eigenvalue weighted by atomic mass is 9.70. The van der Waals surface area contributed by atoms with Gasteiger partial charge in [0, 0.05) is 14.3 Å². The van der Waals surface area contributed by atoms with Crippen molar-refractivity contribution in [2.75, 3.05) is 13.1 Å². The van der Waals surface area contributed by atoms with Crippen molar-refractivity contribution in [2.24, 2.45) is 0 Å². The van der Waals surface area contributed by atoms with Gasteiger partial charge in [0.2, 0.25) is 0 Å². The molecule has 0 aromatic heterocycles. The second-order valence-corrected chi connectivity index (χ2v) is 10.4. The molecule has 31 heavy (non-hydrogen) atoms. The fourth-order valence-electron chi connectivity index (χ4n) is 4.19. The maximum Gasteiger partial charge on any atom is 0.140 e. The molecule has 6 heteroatoms. The molecule has 1 aliphatic rings. The molecule has 160 valence electrons. The highest BCUT2D eigenvalue weighted by atomic mass is 79.9. The van der Waals surface area contributed by atoms with E-state index in [-0.39, 0.29) is 11.6 Å². The number of hydrogen-bond donors (Lipinski definition) is 1. The summed E-state index contributed by atoms with van der Waals surface area (Å²) in [6.07, 6.45) is 1.65. The summed E-state index contributed by atoms with van der Waals surface area (Å²) in [6, 6.07) is 19.7. The average Bonchev–Trinajstić information content (AvgIpc) is 2.79. The van der Waals surface area contributed by atoms with E-state index in [9.17, 15) is 9.18 Å². The van der Waals surface area contributed by atoms with Gasteiger partial charge in [-0.3, -0.25) is 4.79 Å². The Morgan fingerprint density at radius 2 is 1.65 bits per heavy atom. The third-order valence-electron chi connectivity index (χ3n) is 5.96. The zero-order valence-corrected chi connectivity index (χ0v) is 21.0. The van der Waals surface area contributed by atoms with Crippen LogP contribution in [-0.4, -0.2) is 18.9 Å². The molecule has 3 aromatic carbocycles. The van der Waals surface area contributed by atoms with Crippen LogP contribution in [0.3, 0.4) is 0 Å². The van der Waals surface area contributed by atoms with Gasteiger partial charge in [-0.25, -0.2) is 4.39 Å². The van der Waals surface area contributed by atoms with Crippen molar-refractivity contribution >= 4 is 49.4 Å². The normalized spacial score (nSPS) is 15.6. The molecule has 0 radical (unpaired) electrons. The number of hydrogen-bond acceptors (Lipinski definition) is 3. The third kappa shape index (κ3) is 4.54. The zero-order chi connectivity index (χ0) is 22.0. The highest BCUT2D eigenvalue weighted by molar-refractivity contribution is 9.13. The van der Waals surface area contributed by atoms with Gasteiger partial charge in [-0.2, -0.15) is 0 Å². The predicted molar refractivity (Wildman–Crippen MR) is 132 cm³/mol. The molecule has 1 N–H and O–H groups in total. The van der Waals surface area contributed by atoms with Crippen LogP contribution in [0.5, 0.6) is 0 Å². The minimum Gasteiger partial charge on any atom is -0.317 e. The van der Waals surface area contributed by atoms with E-state index < -0.39 is 5.41 Å². The summed E-state index contributed by atoms with van der Waals surface area (Å²) in [4.78, 5) is 15.0. The van der Waals surface area contributed by atoms with Crippen molar-refractivity contribution in [3.05, 3.63) is 81.0 Å². The van der Waals surface area contributed by atoms with Gasteiger partial charge >= 0.3 is 0 Å². The molecule has 0 saturated carbocycles. The number of ketones is 1. The molecule has 4 rings (SSSR count). The summed E-state index contributed by atoms with van der Waals surface area (Å²) >= 11 is 8.46. The molecule has 0 aliphatic carbocycles. The molecule has 1 heterocycles. The summed E-state index contributed by atoms with van der Waals surface area (Å²) in [5.74, 6) is -0.0548. The highest BCUT2D eigenvalue weighted by Crippen LogP contribution is 2.42. The minimum absolute atomic E-state index is 0.240. The standard InChI is InChI=1S/C25H22Br2FNOS/c1-16(30)25(12-14-29-15-13-25)20-4-2-3-5-22(20)31-18-8-6-17(7-9-18)19-10-11-21(28)24(27)23(19)26/h2-11,29H,12-15H2,1H3. The van der Waals surface area contributed by atoms with Gasteiger partial charge < -0.3 is 5.32 Å². The van der Waals surface area contributed by atoms with Crippen LogP contribution < -0.4 is 5.32 Å². The smallest absolute Gasteiger partial charge is 0.140 e. The number of benzene rings is 3. The van der Waals surface area contributed by atoms with E-state index in [2.05, 4.69) is 61.4 Å². The summed E-state index contributed by atoms with van der Waals surface area (Å²) in [5.41, 5.74) is 2.64. The SMILES string of the molecule is CC(=O)C1(c2ccccc2Sc2ccc(-c3ccc(F)c(Br)c3Br)cc2)CCNCC1. The Morgan fingerprint density at radius 3 is 2.32 bits per heavy atom. The largest absolute Gasteiger partial charge is 0.317 e. The molecule has 0 unspecified atom stereocenters. The molecule has 1 aliphatic heterocycles. The molecule has 0 atom stereocenters. The Kier molecular flexibility index (Phi) is 7.01. The number of halogens is 3. The maximum atomic E-state index is 13.8. The Bertz CT molecular complexity index is 1110. The monoisotopic (exact) mass is 561 g/mol. The Labute approximate surface area is 203 Å². The summed E-state index contributed by atoms with van der Waals surface area (Å²) in [6.45, 7) is 3.44. The van der Waals surface area contributed by atoms with Crippen LogP contribution in [0.15, 0.2) is 79.4 Å². The van der Waals surface area contributed by atoms with E-state index >= 15 is 0 Å². The summed E-state index contributed by atoms with van der Waals surface area (Å²) < 4.78 is 14.9. The van der Waals surface area contributed by atoms with Gasteiger partial charge in [-0.1, -0.05) is 48.2 Å². The zero-order valence-electron chi connectivity index (χ0n) is 17.1. The van der Waals surface area contributed by atoms with E-state index in [4.69, 9.17) is 0 Å². The molecular formula is C25H22Br2FNOS. The first-order chi connectivity index (χ1) is 14.9. The van der Waals surface area contributed by atoms with Gasteiger partial charge in [0.1, 0.15) is 11.6 Å². The topological polar surface area (TPSA) is 29.1 Å². The van der Waals surface area contributed by atoms with E-state index in [0.29, 0.717) is 8.95 Å². The molecule has 3 aromatic rings. The van der Waals surface area contributed by atoms with Crippen molar-refractivity contribution < 1.29 is 9.18 Å². The Morgan fingerprint density at radius 1 is 0.968 bits per heavy atom. The quantitative estimate of drug-likeness (QED) is 0.329. The van der Waals surface area contributed by atoms with Crippen molar-refractivity contribution in [1.29, 1.82) is 0 Å². The summed E-state index contributed by atoms with van der Waals surface area (Å²) in [7, 11) is 0. The number of Topliss-reactive ketones (excluding diaryl/α,β-unsaturated/α-hetero) is 1. The molecule has 0 spiro atoms. The van der Waals surface area contributed by atoms with Crippen LogP contribution in [-0.2, 0) is 10.2 Å². The van der Waals surface area contributed by atoms with Gasteiger partial charge in [0.05, 0.1) is 9.89 Å². The van der Waals surface area contributed by atoms with Crippen LogP contribution in [0.25, 0.3) is 11.1 Å². The fourth-order valence-corrected chi connectivity index (χ4v) is 6.14. The lowest BCUT2D eigenvalue weighted by molar-refractivity contribution is -0.123. The first-order valence-corrected chi connectivity index (χ1v) is 12.6. The molecular weight excluding hydrogens is 541 g/mol. The van der Waals surface area contributed by atoms with E-state index in [1.165, 1.54) is 6.07 Å². The van der Waals surface area contributed by atoms with Gasteiger partial charge in [0.25, 0.3) is 0 Å². The first-order valence-electron chi connectivity index (χ1n) is 10.2. The second-order valence-electron chi connectivity index (χ2n) is 7.73. The minimum atomic E-state index is -0.417. The number of nitrogens with one attached hydrogen (secondary N) is 1. The lowest BCUT2D eigenvalue weighted by Crippen LogP contribution is -2.44. The average molecular weight is 563 g/mol. The van der Waals surface area contributed by atoms with E-state index in [0.717, 1.165) is 52.4 Å². The van der Waals surface area contributed by atoms with Gasteiger partial charge in [0.15, 0.2) is 0 Å². The molecule has 0 bridgehead atoms. The fraction of sp³-hybridized carbons (Fsp3) is 0.240. The van der Waals surface area contributed by atoms with Crippen LogP contribution in [0.1, 0.15) is 25.3 Å². The summed E-state index contributed by atoms with van der Waals surface area (Å²) in [5, 5.41) is 3.38. The number of piperidine rings is 1. The van der Waals surface area contributed by atoms with Crippen LogP contribution in [0.2, 0.25) is 0 Å². The van der Waals surface area contributed by atoms with Gasteiger partial charge in [-0.05, 0) is 106 Å². The predicted octanol–water partition coefficient (Wildman–Crippen LogP) is 7.38. The van der Waals surface area contributed by atoms with Crippen LogP contribution in [0.4, 0.5) is 4.39 Å². The Balaban J connectivity index is 1.64. The van der Waals surface area contributed by atoms with Crippen LogP contribution in [0, 0.1) is 5.82 Å². The van der Waals surface area contributed by atoms with Crippen LogP contribution >= 0.6 is 43.6 Å². The van der Waals surface area contributed by atoms with Crippen molar-refractivity contribution in [3.8, 4) is 11.1 Å². The number of carbonyl (C=O) groups excluding carboxylic acids is 1. The maximum absolute atomic E-state index is 13.8. The Hall–Kier alpha value is -1.47.